The first-order chi connectivity index (χ1) is 16.0. The number of nitrogen functional groups attached to an aromatic ring is 1. The molecule has 3 rings (SSSR count). The van der Waals surface area contributed by atoms with Gasteiger partial charge in [-0.25, -0.2) is 4.98 Å². The second kappa shape index (κ2) is 12.0. The molecule has 33 heavy (non-hydrogen) atoms. The van der Waals surface area contributed by atoms with Crippen LogP contribution in [-0.4, -0.2) is 24.1 Å². The summed E-state index contributed by atoms with van der Waals surface area (Å²) in [5.41, 5.74) is 15.4. The second-order valence-electron chi connectivity index (χ2n) is 7.91. The van der Waals surface area contributed by atoms with Crippen molar-refractivity contribution in [2.45, 2.75) is 44.9 Å². The lowest BCUT2D eigenvalue weighted by atomic mass is 9.97. The SMILES string of the molecule is CCCCC(OCc1cccc(OC)c1)C(N)c1ccc(C(=O)Nc2ccnc(N)c2)cc1. The monoisotopic (exact) mass is 448 g/mol. The molecule has 0 aliphatic rings. The Kier molecular flexibility index (Phi) is 8.80. The molecule has 1 aromatic heterocycles. The number of carbonyl (C=O) groups is 1. The van der Waals surface area contributed by atoms with E-state index >= 15 is 0 Å². The van der Waals surface area contributed by atoms with Crippen molar-refractivity contribution in [3.05, 3.63) is 83.6 Å². The van der Waals surface area contributed by atoms with Crippen molar-refractivity contribution in [1.82, 2.24) is 4.98 Å². The Hall–Kier alpha value is -3.42. The molecule has 0 aliphatic carbocycles. The Bertz CT molecular complexity index is 1040. The molecule has 2 unspecified atom stereocenters. The highest BCUT2D eigenvalue weighted by molar-refractivity contribution is 6.04. The number of nitrogens with two attached hydrogens (primary N) is 2. The molecule has 3 aromatic rings. The molecule has 0 saturated heterocycles. The topological polar surface area (TPSA) is 112 Å². The summed E-state index contributed by atoms with van der Waals surface area (Å²) < 4.78 is 11.5. The maximum Gasteiger partial charge on any atom is 0.255 e. The van der Waals surface area contributed by atoms with E-state index in [0.29, 0.717) is 23.7 Å². The molecule has 0 fully saturated rings. The van der Waals surface area contributed by atoms with Gasteiger partial charge >= 0.3 is 0 Å². The van der Waals surface area contributed by atoms with Gasteiger partial charge in [0.15, 0.2) is 0 Å². The number of methoxy groups -OCH3 is 1. The predicted molar refractivity (Wildman–Crippen MR) is 131 cm³/mol. The fourth-order valence-corrected chi connectivity index (χ4v) is 3.54. The molecule has 2 aromatic carbocycles. The summed E-state index contributed by atoms with van der Waals surface area (Å²) in [7, 11) is 1.65. The first-order valence-electron chi connectivity index (χ1n) is 11.1. The Labute approximate surface area is 195 Å². The smallest absolute Gasteiger partial charge is 0.255 e. The molecular formula is C26H32N4O3. The number of unbranched alkanes of at least 4 members (excludes halogenated alkanes) is 1. The number of amides is 1. The Morgan fingerprint density at radius 2 is 1.91 bits per heavy atom. The van der Waals surface area contributed by atoms with Crippen LogP contribution in [0.25, 0.3) is 0 Å². The van der Waals surface area contributed by atoms with Crippen LogP contribution in [0.15, 0.2) is 66.9 Å². The second-order valence-corrected chi connectivity index (χ2v) is 7.91. The van der Waals surface area contributed by atoms with E-state index in [1.807, 2.05) is 36.4 Å². The van der Waals surface area contributed by atoms with Crippen LogP contribution in [-0.2, 0) is 11.3 Å². The molecule has 0 bridgehead atoms. The minimum Gasteiger partial charge on any atom is -0.497 e. The van der Waals surface area contributed by atoms with Gasteiger partial charge in [-0.2, -0.15) is 0 Å². The molecule has 0 radical (unpaired) electrons. The lowest BCUT2D eigenvalue weighted by Gasteiger charge is -2.25. The van der Waals surface area contributed by atoms with E-state index in [9.17, 15) is 4.79 Å². The summed E-state index contributed by atoms with van der Waals surface area (Å²) in [4.78, 5) is 16.5. The first kappa shape index (κ1) is 24.2. The van der Waals surface area contributed by atoms with E-state index in [1.54, 1.807) is 37.6 Å². The number of anilines is 2. The number of hydrogen-bond acceptors (Lipinski definition) is 6. The van der Waals surface area contributed by atoms with Crippen molar-refractivity contribution in [1.29, 1.82) is 0 Å². The normalized spacial score (nSPS) is 12.7. The Morgan fingerprint density at radius 1 is 1.12 bits per heavy atom. The lowest BCUT2D eigenvalue weighted by Crippen LogP contribution is -2.29. The van der Waals surface area contributed by atoms with Crippen molar-refractivity contribution in [2.24, 2.45) is 5.73 Å². The quantitative estimate of drug-likeness (QED) is 0.392. The van der Waals surface area contributed by atoms with Gasteiger partial charge in [0, 0.05) is 23.5 Å². The number of carbonyl (C=O) groups excluding carboxylic acids is 1. The standard InChI is InChI=1S/C26H32N4O3/c1-3-4-8-23(33-17-18-6-5-7-22(15-18)32-2)25(28)19-9-11-20(12-10-19)26(31)30-21-13-14-29-24(27)16-21/h5-7,9-16,23,25H,3-4,8,17,28H2,1-2H3,(H3,27,29,30,31). The maximum absolute atomic E-state index is 12.6. The average molecular weight is 449 g/mol. The highest BCUT2D eigenvalue weighted by Crippen LogP contribution is 2.24. The molecule has 0 spiro atoms. The fourth-order valence-electron chi connectivity index (χ4n) is 3.54. The van der Waals surface area contributed by atoms with Gasteiger partial charge in [0.25, 0.3) is 5.91 Å². The van der Waals surface area contributed by atoms with Crippen LogP contribution in [0.3, 0.4) is 0 Å². The van der Waals surface area contributed by atoms with Crippen LogP contribution >= 0.6 is 0 Å². The fraction of sp³-hybridized carbons (Fsp3) is 0.308. The third-order valence-electron chi connectivity index (χ3n) is 5.44. The number of nitrogens with zero attached hydrogens (tertiary/aromatic N) is 1. The van der Waals surface area contributed by atoms with Crippen molar-refractivity contribution >= 4 is 17.4 Å². The molecule has 174 valence electrons. The molecule has 7 heteroatoms. The van der Waals surface area contributed by atoms with Gasteiger partial charge in [0.1, 0.15) is 11.6 Å². The summed E-state index contributed by atoms with van der Waals surface area (Å²) in [6, 6.07) is 18.1. The van der Waals surface area contributed by atoms with E-state index in [-0.39, 0.29) is 18.1 Å². The van der Waals surface area contributed by atoms with Gasteiger partial charge in [0.2, 0.25) is 0 Å². The highest BCUT2D eigenvalue weighted by Gasteiger charge is 2.21. The van der Waals surface area contributed by atoms with E-state index < -0.39 is 0 Å². The zero-order chi connectivity index (χ0) is 23.6. The summed E-state index contributed by atoms with van der Waals surface area (Å²) in [6.45, 7) is 2.60. The van der Waals surface area contributed by atoms with Crippen LogP contribution < -0.4 is 21.5 Å². The number of nitrogens with one attached hydrogen (secondary N) is 1. The third kappa shape index (κ3) is 7.03. The molecule has 7 nitrogen and oxygen atoms in total. The van der Waals surface area contributed by atoms with Crippen LogP contribution in [0.4, 0.5) is 11.5 Å². The summed E-state index contributed by atoms with van der Waals surface area (Å²) in [5, 5.41) is 2.82. The van der Waals surface area contributed by atoms with Crippen LogP contribution in [0.2, 0.25) is 0 Å². The first-order valence-corrected chi connectivity index (χ1v) is 11.1. The molecule has 1 heterocycles. The van der Waals surface area contributed by atoms with Crippen LogP contribution in [0, 0.1) is 0 Å². The van der Waals surface area contributed by atoms with Crippen molar-refractivity contribution < 1.29 is 14.3 Å². The molecule has 1 amide bonds. The Balaban J connectivity index is 1.66. The average Bonchev–Trinajstić information content (AvgIpc) is 2.84. The molecule has 0 aliphatic heterocycles. The van der Waals surface area contributed by atoms with Gasteiger partial charge in [0.05, 0.1) is 25.9 Å². The number of benzene rings is 2. The van der Waals surface area contributed by atoms with E-state index in [2.05, 4.69) is 17.2 Å². The number of pyridine rings is 1. The lowest BCUT2D eigenvalue weighted by molar-refractivity contribution is 0.0161. The highest BCUT2D eigenvalue weighted by atomic mass is 16.5. The van der Waals surface area contributed by atoms with Gasteiger partial charge in [-0.1, -0.05) is 44.0 Å². The molecular weight excluding hydrogens is 416 g/mol. The minimum absolute atomic E-state index is 0.143. The third-order valence-corrected chi connectivity index (χ3v) is 5.44. The zero-order valence-corrected chi connectivity index (χ0v) is 19.2. The van der Waals surface area contributed by atoms with Crippen LogP contribution in [0.1, 0.15) is 53.7 Å². The number of ether oxygens (including phenoxy) is 2. The van der Waals surface area contributed by atoms with Crippen molar-refractivity contribution in [3.63, 3.8) is 0 Å². The molecule has 2 atom stereocenters. The summed E-state index contributed by atoms with van der Waals surface area (Å²) in [5.74, 6) is 0.924. The summed E-state index contributed by atoms with van der Waals surface area (Å²) in [6.07, 6.45) is 4.34. The van der Waals surface area contributed by atoms with E-state index in [4.69, 9.17) is 20.9 Å². The van der Waals surface area contributed by atoms with Gasteiger partial charge in [-0.3, -0.25) is 4.79 Å². The van der Waals surface area contributed by atoms with Crippen molar-refractivity contribution in [3.8, 4) is 5.75 Å². The number of hydrogen-bond donors (Lipinski definition) is 3. The maximum atomic E-state index is 12.6. The van der Waals surface area contributed by atoms with Crippen molar-refractivity contribution in [2.75, 3.05) is 18.2 Å². The van der Waals surface area contributed by atoms with E-state index in [1.165, 1.54) is 0 Å². The number of rotatable bonds is 11. The number of aromatic nitrogens is 1. The summed E-state index contributed by atoms with van der Waals surface area (Å²) >= 11 is 0. The Morgan fingerprint density at radius 3 is 2.61 bits per heavy atom. The zero-order valence-electron chi connectivity index (χ0n) is 19.2. The van der Waals surface area contributed by atoms with E-state index in [0.717, 1.165) is 36.1 Å². The minimum atomic E-state index is -0.306. The molecule has 5 N–H and O–H groups in total. The van der Waals surface area contributed by atoms with Gasteiger partial charge < -0.3 is 26.3 Å². The predicted octanol–water partition coefficient (Wildman–Crippen LogP) is 4.70. The van der Waals surface area contributed by atoms with Gasteiger partial charge in [-0.05, 0) is 47.9 Å². The van der Waals surface area contributed by atoms with Crippen LogP contribution in [0.5, 0.6) is 5.75 Å². The molecule has 0 saturated carbocycles. The van der Waals surface area contributed by atoms with Gasteiger partial charge in [-0.15, -0.1) is 0 Å². The largest absolute Gasteiger partial charge is 0.497 e.